The molecule has 0 heterocycles. The van der Waals surface area contributed by atoms with Crippen LogP contribution in [0.5, 0.6) is 17.2 Å². The van der Waals surface area contributed by atoms with Gasteiger partial charge >= 0.3 is 0 Å². The Labute approximate surface area is 418 Å². The third-order valence-corrected chi connectivity index (χ3v) is 14.2. The molecule has 0 amide bonds. The van der Waals surface area contributed by atoms with Crippen molar-refractivity contribution in [1.29, 1.82) is 0 Å². The van der Waals surface area contributed by atoms with Gasteiger partial charge in [-0.2, -0.15) is 0 Å². The molecule has 0 spiro atoms. The van der Waals surface area contributed by atoms with Crippen LogP contribution in [0.4, 0.5) is 0 Å². The van der Waals surface area contributed by atoms with Crippen molar-refractivity contribution in [2.45, 2.75) is 336 Å². The molecule has 0 aliphatic heterocycles. The predicted octanol–water partition coefficient (Wildman–Crippen LogP) is 21.3. The van der Waals surface area contributed by atoms with Gasteiger partial charge in [-0.1, -0.05) is 310 Å². The lowest BCUT2D eigenvalue weighted by Crippen LogP contribution is -2.07. The summed E-state index contributed by atoms with van der Waals surface area (Å²) in [6.45, 7) is 9.59. The van der Waals surface area contributed by atoms with Crippen LogP contribution in [0.2, 0.25) is 0 Å². The molecule has 67 heavy (non-hydrogen) atoms. The average molecular weight is 942 g/mol. The summed E-state index contributed by atoms with van der Waals surface area (Å²) in [6, 6.07) is 4.00. The maximum atomic E-state index is 11.2. The molecule has 0 aromatic heterocycles. The third kappa shape index (κ3) is 43.8. The van der Waals surface area contributed by atoms with Crippen LogP contribution in [0.1, 0.15) is 335 Å². The molecule has 0 saturated carbocycles. The fraction of sp³-hybridized carbons (Fsp3) is 0.887. The van der Waals surface area contributed by atoms with Gasteiger partial charge in [-0.15, -0.1) is 0 Å². The van der Waals surface area contributed by atoms with E-state index in [-0.39, 0.29) is 6.61 Å². The monoisotopic (exact) mass is 941 g/mol. The van der Waals surface area contributed by atoms with E-state index in [9.17, 15) is 4.79 Å². The van der Waals surface area contributed by atoms with E-state index in [4.69, 9.17) is 18.9 Å². The van der Waals surface area contributed by atoms with Gasteiger partial charge in [0.15, 0.2) is 11.5 Å². The summed E-state index contributed by atoms with van der Waals surface area (Å²) in [4.78, 5) is 11.2. The van der Waals surface area contributed by atoms with Crippen LogP contribution in [-0.2, 0) is 16.1 Å². The first-order valence-corrected chi connectivity index (χ1v) is 30.4. The second-order valence-corrected chi connectivity index (χ2v) is 20.8. The van der Waals surface area contributed by atoms with Crippen molar-refractivity contribution in [2.75, 3.05) is 19.8 Å². The van der Waals surface area contributed by atoms with E-state index in [0.29, 0.717) is 26.3 Å². The molecule has 0 aliphatic carbocycles. The van der Waals surface area contributed by atoms with Gasteiger partial charge in [0.1, 0.15) is 6.61 Å². The van der Waals surface area contributed by atoms with Crippen molar-refractivity contribution in [1.82, 2.24) is 0 Å². The highest BCUT2D eigenvalue weighted by Gasteiger charge is 2.17. The van der Waals surface area contributed by atoms with E-state index in [1.54, 1.807) is 0 Å². The van der Waals surface area contributed by atoms with Crippen molar-refractivity contribution in [2.24, 2.45) is 0 Å². The van der Waals surface area contributed by atoms with Crippen LogP contribution in [-0.4, -0.2) is 26.3 Å². The van der Waals surface area contributed by atoms with Crippen molar-refractivity contribution >= 4 is 6.47 Å². The smallest absolute Gasteiger partial charge is 0.293 e. The molecule has 0 N–H and O–H groups in total. The zero-order chi connectivity index (χ0) is 48.0. The van der Waals surface area contributed by atoms with Crippen LogP contribution >= 0.6 is 0 Å². The van der Waals surface area contributed by atoms with E-state index in [0.717, 1.165) is 42.1 Å². The maximum Gasteiger partial charge on any atom is 0.293 e. The largest absolute Gasteiger partial charge is 0.490 e. The van der Waals surface area contributed by atoms with Gasteiger partial charge in [-0.25, -0.2) is 0 Å². The topological polar surface area (TPSA) is 54.0 Å². The number of hydrogen-bond acceptors (Lipinski definition) is 5. The molecule has 394 valence electrons. The molecule has 5 heteroatoms. The van der Waals surface area contributed by atoms with Crippen LogP contribution < -0.4 is 14.2 Å². The summed E-state index contributed by atoms with van der Waals surface area (Å²) in [5, 5.41) is 0. The molecule has 5 nitrogen and oxygen atoms in total. The Morgan fingerprint density at radius 1 is 0.299 bits per heavy atom. The standard InChI is InChI=1S/C62H116O5/c1-4-7-10-13-16-19-22-25-28-31-34-37-40-43-46-49-52-65-60-55-59(57-64-58-63)56-61(66-53-50-47-44-41-38-35-32-29-26-23-20-17-14-11-8-5-2)62(60)67-54-51-48-45-42-39-36-33-30-27-24-21-18-15-12-9-6-3/h55-56,58H,4-54,57H2,1-3H3. The molecule has 0 bridgehead atoms. The first-order valence-electron chi connectivity index (χ1n) is 30.4. The van der Waals surface area contributed by atoms with E-state index >= 15 is 0 Å². The molecular formula is C62H116O5. The Balaban J connectivity index is 2.50. The molecular weight excluding hydrogens is 825 g/mol. The number of benzene rings is 1. The van der Waals surface area contributed by atoms with E-state index in [1.165, 1.54) is 289 Å². The predicted molar refractivity (Wildman–Crippen MR) is 292 cm³/mol. The summed E-state index contributed by atoms with van der Waals surface area (Å²) in [5.41, 5.74) is 0.880. The summed E-state index contributed by atoms with van der Waals surface area (Å²) >= 11 is 0. The average Bonchev–Trinajstić information content (AvgIpc) is 3.34. The van der Waals surface area contributed by atoms with Crippen molar-refractivity contribution < 1.29 is 23.7 Å². The summed E-state index contributed by atoms with van der Waals surface area (Å²) < 4.78 is 24.7. The zero-order valence-electron chi connectivity index (χ0n) is 45.5. The van der Waals surface area contributed by atoms with Gasteiger partial charge in [-0.05, 0) is 37.0 Å². The van der Waals surface area contributed by atoms with E-state index in [1.807, 2.05) is 12.1 Å². The molecule has 1 aromatic rings. The van der Waals surface area contributed by atoms with E-state index < -0.39 is 0 Å². The lowest BCUT2D eigenvalue weighted by molar-refractivity contribution is -0.129. The van der Waals surface area contributed by atoms with Crippen LogP contribution in [0.3, 0.4) is 0 Å². The SMILES string of the molecule is CCCCCCCCCCCCCCCCCCOc1cc(COC=O)cc(OCCCCCCCCCCCCCCCCCC)c1OCCCCCCCCCCCCCCCCCC. The molecule has 0 unspecified atom stereocenters. The Morgan fingerprint density at radius 3 is 0.731 bits per heavy atom. The van der Waals surface area contributed by atoms with Crippen molar-refractivity contribution in [3.05, 3.63) is 17.7 Å². The molecule has 0 fully saturated rings. The van der Waals surface area contributed by atoms with Crippen LogP contribution in [0.15, 0.2) is 12.1 Å². The summed E-state index contributed by atoms with van der Waals surface area (Å²) in [5.74, 6) is 2.18. The third-order valence-electron chi connectivity index (χ3n) is 14.2. The van der Waals surface area contributed by atoms with Gasteiger partial charge in [0, 0.05) is 0 Å². The molecule has 0 atom stereocenters. The summed E-state index contributed by atoms with van der Waals surface area (Å²) in [7, 11) is 0. The number of ether oxygens (including phenoxy) is 4. The highest BCUT2D eigenvalue weighted by molar-refractivity contribution is 5.54. The van der Waals surface area contributed by atoms with Crippen molar-refractivity contribution in [3.63, 3.8) is 0 Å². The molecule has 0 saturated heterocycles. The Morgan fingerprint density at radius 2 is 0.507 bits per heavy atom. The van der Waals surface area contributed by atoms with Crippen molar-refractivity contribution in [3.8, 4) is 17.2 Å². The van der Waals surface area contributed by atoms with Gasteiger partial charge in [0.2, 0.25) is 5.75 Å². The first kappa shape index (κ1) is 63.1. The summed E-state index contributed by atoms with van der Waals surface area (Å²) in [6.07, 6.45) is 65.1. The minimum Gasteiger partial charge on any atom is -0.490 e. The lowest BCUT2D eigenvalue weighted by atomic mass is 10.0. The minimum atomic E-state index is 0.202. The van der Waals surface area contributed by atoms with Crippen LogP contribution in [0.25, 0.3) is 0 Å². The molecule has 0 radical (unpaired) electrons. The second kappa shape index (κ2) is 53.4. The fourth-order valence-electron chi connectivity index (χ4n) is 9.69. The lowest BCUT2D eigenvalue weighted by Gasteiger charge is -2.19. The molecule has 0 aliphatic rings. The second-order valence-electron chi connectivity index (χ2n) is 20.8. The highest BCUT2D eigenvalue weighted by atomic mass is 16.5. The van der Waals surface area contributed by atoms with E-state index in [2.05, 4.69) is 20.8 Å². The number of carbonyl (C=O) groups is 1. The fourth-order valence-corrected chi connectivity index (χ4v) is 9.69. The Bertz CT molecular complexity index is 1060. The first-order chi connectivity index (χ1) is 33.3. The Hall–Kier alpha value is -1.91. The molecule has 1 aromatic carbocycles. The van der Waals surface area contributed by atoms with Gasteiger partial charge in [0.25, 0.3) is 6.47 Å². The van der Waals surface area contributed by atoms with Gasteiger partial charge in [0.05, 0.1) is 19.8 Å². The number of carbonyl (C=O) groups excluding carboxylic acids is 1. The van der Waals surface area contributed by atoms with Crippen LogP contribution in [0, 0.1) is 0 Å². The number of hydrogen-bond donors (Lipinski definition) is 0. The highest BCUT2D eigenvalue weighted by Crippen LogP contribution is 2.40. The van der Waals surface area contributed by atoms with Gasteiger partial charge in [-0.3, -0.25) is 4.79 Å². The van der Waals surface area contributed by atoms with Gasteiger partial charge < -0.3 is 18.9 Å². The number of unbranched alkanes of at least 4 members (excludes halogenated alkanes) is 45. The number of rotatable bonds is 57. The minimum absolute atomic E-state index is 0.202. The maximum absolute atomic E-state index is 11.2. The normalized spacial score (nSPS) is 11.4. The Kier molecular flexibility index (Phi) is 50.3. The molecule has 1 rings (SSSR count). The quantitative estimate of drug-likeness (QED) is 0.0481. The zero-order valence-corrected chi connectivity index (χ0v) is 45.5.